The van der Waals surface area contributed by atoms with Gasteiger partial charge in [-0.1, -0.05) is 24.3 Å². The van der Waals surface area contributed by atoms with Crippen LogP contribution in [0.5, 0.6) is 5.75 Å². The van der Waals surface area contributed by atoms with Crippen molar-refractivity contribution in [1.82, 2.24) is 0 Å². The van der Waals surface area contributed by atoms with Crippen LogP contribution in [0.25, 0.3) is 0 Å². The first-order valence-corrected chi connectivity index (χ1v) is 6.97. The molecule has 1 fully saturated rings. The normalized spacial score (nSPS) is 15.9. The fourth-order valence-electron chi connectivity index (χ4n) is 2.21. The lowest BCUT2D eigenvalue weighted by Gasteiger charge is -2.13. The molecule has 1 unspecified atom stereocenters. The molecule has 1 saturated carbocycles. The van der Waals surface area contributed by atoms with Crippen molar-refractivity contribution in [2.24, 2.45) is 5.73 Å². The minimum atomic E-state index is -0.220. The summed E-state index contributed by atoms with van der Waals surface area (Å²) < 4.78 is 18.8. The summed E-state index contributed by atoms with van der Waals surface area (Å²) in [5.74, 6) is 0.678. The van der Waals surface area contributed by atoms with E-state index in [0.29, 0.717) is 12.5 Å². The second-order valence-electron chi connectivity index (χ2n) is 5.33. The smallest absolute Gasteiger partial charge is 0.123 e. The summed E-state index contributed by atoms with van der Waals surface area (Å²) in [5, 5.41) is 0. The number of nitrogens with two attached hydrogens (primary N) is 1. The molecule has 0 aromatic heterocycles. The summed E-state index contributed by atoms with van der Waals surface area (Å²) >= 11 is 0. The van der Waals surface area contributed by atoms with Gasteiger partial charge in [0.1, 0.15) is 11.6 Å². The zero-order chi connectivity index (χ0) is 13.9. The minimum absolute atomic E-state index is 0.133. The van der Waals surface area contributed by atoms with Gasteiger partial charge in [-0.05, 0) is 54.7 Å². The zero-order valence-electron chi connectivity index (χ0n) is 11.3. The largest absolute Gasteiger partial charge is 0.490 e. The van der Waals surface area contributed by atoms with Crippen LogP contribution < -0.4 is 10.5 Å². The van der Waals surface area contributed by atoms with Crippen molar-refractivity contribution in [3.8, 4) is 5.75 Å². The highest BCUT2D eigenvalue weighted by atomic mass is 19.1. The van der Waals surface area contributed by atoms with E-state index in [1.807, 2.05) is 30.3 Å². The number of hydrogen-bond acceptors (Lipinski definition) is 2. The van der Waals surface area contributed by atoms with Gasteiger partial charge in [0.05, 0.1) is 6.10 Å². The number of rotatable bonds is 5. The first kappa shape index (κ1) is 13.1. The zero-order valence-corrected chi connectivity index (χ0v) is 11.3. The lowest BCUT2D eigenvalue weighted by Crippen LogP contribution is -2.13. The van der Waals surface area contributed by atoms with Crippen LogP contribution in [-0.4, -0.2) is 6.10 Å². The molecule has 1 aliphatic rings. The number of benzene rings is 2. The Morgan fingerprint density at radius 3 is 2.55 bits per heavy atom. The van der Waals surface area contributed by atoms with Gasteiger partial charge in [-0.15, -0.1) is 0 Å². The van der Waals surface area contributed by atoms with Crippen molar-refractivity contribution >= 4 is 0 Å². The molecule has 2 nitrogen and oxygen atoms in total. The first-order valence-electron chi connectivity index (χ1n) is 6.97. The maximum absolute atomic E-state index is 13.1. The van der Waals surface area contributed by atoms with Crippen molar-refractivity contribution in [2.45, 2.75) is 31.4 Å². The van der Waals surface area contributed by atoms with Crippen molar-refractivity contribution in [2.75, 3.05) is 0 Å². The average Bonchev–Trinajstić information content (AvgIpc) is 3.23. The molecule has 0 radical (unpaired) electrons. The highest BCUT2D eigenvalue weighted by Gasteiger charge is 2.23. The van der Waals surface area contributed by atoms with E-state index in [2.05, 4.69) is 0 Å². The van der Waals surface area contributed by atoms with E-state index in [4.69, 9.17) is 10.5 Å². The van der Waals surface area contributed by atoms with Gasteiger partial charge in [-0.3, -0.25) is 0 Å². The van der Waals surface area contributed by atoms with Gasteiger partial charge in [0, 0.05) is 6.04 Å². The Kier molecular flexibility index (Phi) is 3.70. The molecule has 0 bridgehead atoms. The molecule has 1 aliphatic carbocycles. The van der Waals surface area contributed by atoms with Gasteiger partial charge in [-0.25, -0.2) is 4.39 Å². The molecule has 0 spiro atoms. The lowest BCUT2D eigenvalue weighted by molar-refractivity contribution is 0.303. The van der Waals surface area contributed by atoms with Crippen molar-refractivity contribution in [1.29, 1.82) is 0 Å². The maximum atomic E-state index is 13.1. The van der Waals surface area contributed by atoms with Gasteiger partial charge in [0.2, 0.25) is 0 Å². The Labute approximate surface area is 118 Å². The Bertz CT molecular complexity index is 578. The Morgan fingerprint density at radius 1 is 1.15 bits per heavy atom. The molecule has 3 heteroatoms. The van der Waals surface area contributed by atoms with Crippen LogP contribution in [0.4, 0.5) is 4.39 Å². The van der Waals surface area contributed by atoms with Crippen molar-refractivity contribution in [3.05, 3.63) is 65.5 Å². The van der Waals surface area contributed by atoms with Crippen LogP contribution >= 0.6 is 0 Å². The van der Waals surface area contributed by atoms with Crippen LogP contribution in [-0.2, 0) is 6.42 Å². The molecule has 104 valence electrons. The molecule has 0 amide bonds. The SMILES string of the molecule is NC(Cc1cccc(F)c1)c1ccc(OC2CC2)cc1. The number of halogens is 1. The van der Waals surface area contributed by atoms with Crippen LogP contribution in [0.2, 0.25) is 0 Å². The molecular formula is C17H18FNO. The first-order chi connectivity index (χ1) is 9.70. The van der Waals surface area contributed by atoms with Crippen molar-refractivity contribution < 1.29 is 9.13 Å². The minimum Gasteiger partial charge on any atom is -0.490 e. The molecule has 2 aromatic carbocycles. The van der Waals surface area contributed by atoms with E-state index in [0.717, 1.165) is 29.7 Å². The molecule has 2 aromatic rings. The van der Waals surface area contributed by atoms with Gasteiger partial charge in [0.25, 0.3) is 0 Å². The summed E-state index contributed by atoms with van der Waals surface area (Å²) in [7, 11) is 0. The lowest BCUT2D eigenvalue weighted by atomic mass is 9.99. The summed E-state index contributed by atoms with van der Waals surface area (Å²) in [5.41, 5.74) is 8.13. The molecule has 0 saturated heterocycles. The number of ether oxygens (including phenoxy) is 1. The molecule has 2 N–H and O–H groups in total. The van der Waals surface area contributed by atoms with E-state index >= 15 is 0 Å². The summed E-state index contributed by atoms with van der Waals surface area (Å²) in [6.45, 7) is 0. The molecule has 3 rings (SSSR count). The third-order valence-corrected chi connectivity index (χ3v) is 3.48. The van der Waals surface area contributed by atoms with Gasteiger partial charge in [-0.2, -0.15) is 0 Å². The monoisotopic (exact) mass is 271 g/mol. The summed E-state index contributed by atoms with van der Waals surface area (Å²) in [4.78, 5) is 0. The van der Waals surface area contributed by atoms with Crippen LogP contribution in [0.15, 0.2) is 48.5 Å². The molecule has 0 heterocycles. The van der Waals surface area contributed by atoms with E-state index in [-0.39, 0.29) is 11.9 Å². The van der Waals surface area contributed by atoms with Gasteiger partial charge in [0.15, 0.2) is 0 Å². The highest BCUT2D eigenvalue weighted by molar-refractivity contribution is 5.31. The second kappa shape index (κ2) is 5.63. The quantitative estimate of drug-likeness (QED) is 0.901. The van der Waals surface area contributed by atoms with E-state index in [1.165, 1.54) is 12.1 Å². The molecule has 0 aliphatic heterocycles. The molecule has 20 heavy (non-hydrogen) atoms. The summed E-state index contributed by atoms with van der Waals surface area (Å²) in [6, 6.07) is 14.3. The van der Waals surface area contributed by atoms with Gasteiger partial charge >= 0.3 is 0 Å². The van der Waals surface area contributed by atoms with Crippen LogP contribution in [0.3, 0.4) is 0 Å². The standard InChI is InChI=1S/C17H18FNO/c18-14-3-1-2-12(10-14)11-17(19)13-4-6-15(7-5-13)20-16-8-9-16/h1-7,10,16-17H,8-9,11,19H2. The Balaban J connectivity index is 1.65. The van der Waals surface area contributed by atoms with E-state index < -0.39 is 0 Å². The predicted octanol–water partition coefficient (Wildman–Crippen LogP) is 3.61. The third-order valence-electron chi connectivity index (χ3n) is 3.48. The number of hydrogen-bond donors (Lipinski definition) is 1. The predicted molar refractivity (Wildman–Crippen MR) is 77.1 cm³/mol. The average molecular weight is 271 g/mol. The molecule has 1 atom stereocenters. The Hall–Kier alpha value is -1.87. The van der Waals surface area contributed by atoms with E-state index in [1.54, 1.807) is 6.07 Å². The molecular weight excluding hydrogens is 253 g/mol. The maximum Gasteiger partial charge on any atom is 0.123 e. The summed E-state index contributed by atoms with van der Waals surface area (Å²) in [6.07, 6.45) is 3.34. The topological polar surface area (TPSA) is 35.2 Å². The Morgan fingerprint density at radius 2 is 1.90 bits per heavy atom. The van der Waals surface area contributed by atoms with Crippen LogP contribution in [0.1, 0.15) is 30.0 Å². The second-order valence-corrected chi connectivity index (χ2v) is 5.33. The van der Waals surface area contributed by atoms with Crippen molar-refractivity contribution in [3.63, 3.8) is 0 Å². The van der Waals surface area contributed by atoms with Gasteiger partial charge < -0.3 is 10.5 Å². The highest BCUT2D eigenvalue weighted by Crippen LogP contribution is 2.27. The fraction of sp³-hybridized carbons (Fsp3) is 0.294. The fourth-order valence-corrected chi connectivity index (χ4v) is 2.21. The van der Waals surface area contributed by atoms with Crippen LogP contribution in [0, 0.1) is 5.82 Å². The third kappa shape index (κ3) is 3.36. The van der Waals surface area contributed by atoms with E-state index in [9.17, 15) is 4.39 Å².